The second-order valence-electron chi connectivity index (χ2n) is 4.55. The maximum atomic E-state index is 10.7. The predicted molar refractivity (Wildman–Crippen MR) is 83.7 cm³/mol. The molecule has 0 spiro atoms. The topological polar surface area (TPSA) is 174 Å². The number of terminal acetylenes is 1. The van der Waals surface area contributed by atoms with Crippen molar-refractivity contribution >= 4 is 30.5 Å². The van der Waals surface area contributed by atoms with E-state index in [4.69, 9.17) is 30.2 Å². The first-order valence-electron chi connectivity index (χ1n) is 6.41. The SMILES string of the molecule is C#CC(=O)O.CC(Cn1cnc2c(N)ncnc21)OCP(=O)(O)O. The summed E-state index contributed by atoms with van der Waals surface area (Å²) in [6, 6.07) is 0. The number of rotatable bonds is 5. The molecule has 0 saturated heterocycles. The van der Waals surface area contributed by atoms with E-state index in [1.165, 1.54) is 18.6 Å². The number of carboxylic acid groups (broad SMARTS) is 1. The smallest absolute Gasteiger partial charge is 0.381 e. The van der Waals surface area contributed by atoms with Crippen LogP contribution in [0.4, 0.5) is 5.82 Å². The molecule has 0 saturated carbocycles. The minimum absolute atomic E-state index is 0.285. The molecule has 12 heteroatoms. The van der Waals surface area contributed by atoms with Gasteiger partial charge in [-0.2, -0.15) is 0 Å². The van der Waals surface area contributed by atoms with Gasteiger partial charge in [0, 0.05) is 5.92 Å². The Morgan fingerprint density at radius 2 is 2.12 bits per heavy atom. The maximum Gasteiger partial charge on any atom is 0.381 e. The molecule has 0 bridgehead atoms. The summed E-state index contributed by atoms with van der Waals surface area (Å²) in [5.41, 5.74) is 6.70. The molecule has 2 aromatic heterocycles. The fourth-order valence-corrected chi connectivity index (χ4v) is 2.04. The summed E-state index contributed by atoms with van der Waals surface area (Å²) in [6.45, 7) is 2.05. The minimum Gasteiger partial charge on any atom is -0.472 e. The molecule has 0 radical (unpaired) electrons. The Hall–Kier alpha value is -2.51. The van der Waals surface area contributed by atoms with Crippen molar-refractivity contribution in [3.05, 3.63) is 12.7 Å². The molecule has 0 aliphatic rings. The number of nitrogens with two attached hydrogens (primary N) is 1. The Morgan fingerprint density at radius 1 is 1.50 bits per heavy atom. The zero-order chi connectivity index (χ0) is 18.3. The molecule has 130 valence electrons. The van der Waals surface area contributed by atoms with E-state index in [2.05, 4.69) is 21.4 Å². The first-order valence-corrected chi connectivity index (χ1v) is 8.20. The molecule has 0 fully saturated rings. The van der Waals surface area contributed by atoms with E-state index in [0.29, 0.717) is 17.7 Å². The fourth-order valence-electron chi connectivity index (χ4n) is 1.59. The monoisotopic (exact) mass is 357 g/mol. The fraction of sp³-hybridized carbons (Fsp3) is 0.333. The van der Waals surface area contributed by atoms with Crippen LogP contribution in [0.1, 0.15) is 6.92 Å². The zero-order valence-electron chi connectivity index (χ0n) is 12.6. The number of hydrogen-bond donors (Lipinski definition) is 4. The summed E-state index contributed by atoms with van der Waals surface area (Å²) in [5.74, 6) is 0.512. The van der Waals surface area contributed by atoms with Crippen LogP contribution in [0.2, 0.25) is 0 Å². The van der Waals surface area contributed by atoms with Crippen molar-refractivity contribution in [1.29, 1.82) is 0 Å². The van der Waals surface area contributed by atoms with E-state index in [9.17, 15) is 4.57 Å². The maximum absolute atomic E-state index is 10.7. The highest BCUT2D eigenvalue weighted by atomic mass is 31.2. The second kappa shape index (κ2) is 8.37. The lowest BCUT2D eigenvalue weighted by Gasteiger charge is -2.14. The van der Waals surface area contributed by atoms with Crippen LogP contribution in [0.5, 0.6) is 0 Å². The first kappa shape index (κ1) is 19.5. The average molecular weight is 357 g/mol. The van der Waals surface area contributed by atoms with Gasteiger partial charge in [-0.3, -0.25) is 4.57 Å². The molecule has 5 N–H and O–H groups in total. The lowest BCUT2D eigenvalue weighted by atomic mass is 10.4. The molecule has 1 atom stereocenters. The Labute approximate surface area is 136 Å². The number of aliphatic carboxylic acids is 1. The van der Waals surface area contributed by atoms with Crippen LogP contribution in [-0.4, -0.2) is 52.8 Å². The average Bonchev–Trinajstić information content (AvgIpc) is 2.90. The molecule has 24 heavy (non-hydrogen) atoms. The molecule has 2 rings (SSSR count). The largest absolute Gasteiger partial charge is 0.472 e. The number of aromatic nitrogens is 4. The molecule has 0 amide bonds. The van der Waals surface area contributed by atoms with Gasteiger partial charge in [0.1, 0.15) is 18.2 Å². The van der Waals surface area contributed by atoms with Crippen molar-refractivity contribution in [3.63, 3.8) is 0 Å². The number of hydrogen-bond acceptors (Lipinski definition) is 7. The summed E-state index contributed by atoms with van der Waals surface area (Å²) < 4.78 is 17.5. The van der Waals surface area contributed by atoms with Crippen LogP contribution in [0.25, 0.3) is 11.2 Å². The number of nitrogens with zero attached hydrogens (tertiary/aromatic N) is 4. The highest BCUT2D eigenvalue weighted by molar-refractivity contribution is 7.51. The number of fused-ring (bicyclic) bond motifs is 1. The van der Waals surface area contributed by atoms with Gasteiger partial charge in [-0.1, -0.05) is 0 Å². The molecule has 0 aromatic carbocycles. The highest BCUT2D eigenvalue weighted by Crippen LogP contribution is 2.34. The molecule has 2 aromatic rings. The van der Waals surface area contributed by atoms with Crippen molar-refractivity contribution in [3.8, 4) is 12.3 Å². The molecular weight excluding hydrogens is 341 g/mol. The van der Waals surface area contributed by atoms with E-state index >= 15 is 0 Å². The van der Waals surface area contributed by atoms with Gasteiger partial charge in [-0.15, -0.1) is 6.42 Å². The van der Waals surface area contributed by atoms with Crippen LogP contribution in [-0.2, 0) is 20.6 Å². The van der Waals surface area contributed by atoms with Gasteiger partial charge in [0.15, 0.2) is 11.5 Å². The van der Waals surface area contributed by atoms with E-state index in [0.717, 1.165) is 0 Å². The van der Waals surface area contributed by atoms with Crippen molar-refractivity contribution in [2.45, 2.75) is 19.6 Å². The summed E-state index contributed by atoms with van der Waals surface area (Å²) in [7, 11) is -4.16. The van der Waals surface area contributed by atoms with Crippen LogP contribution in [0.15, 0.2) is 12.7 Å². The Balaban J connectivity index is 0.000000505. The van der Waals surface area contributed by atoms with Gasteiger partial charge in [0.2, 0.25) is 0 Å². The summed E-state index contributed by atoms with van der Waals surface area (Å²) in [6.07, 6.45) is 6.17. The molecular formula is C12H16N5O6P. The molecule has 11 nitrogen and oxygen atoms in total. The molecule has 0 aliphatic carbocycles. The van der Waals surface area contributed by atoms with Crippen LogP contribution >= 0.6 is 7.60 Å². The van der Waals surface area contributed by atoms with E-state index < -0.39 is 26.0 Å². The number of anilines is 1. The quantitative estimate of drug-likeness (QED) is 0.409. The number of ether oxygens (including phenoxy) is 1. The third kappa shape index (κ3) is 6.31. The Bertz CT molecular complexity index is 795. The van der Waals surface area contributed by atoms with Crippen molar-refractivity contribution in [2.75, 3.05) is 12.1 Å². The van der Waals surface area contributed by atoms with Gasteiger partial charge in [0.05, 0.1) is 19.0 Å². The molecule has 2 heterocycles. The third-order valence-electron chi connectivity index (χ3n) is 2.53. The van der Waals surface area contributed by atoms with Gasteiger partial charge in [-0.05, 0) is 6.92 Å². The lowest BCUT2D eigenvalue weighted by molar-refractivity contribution is -0.130. The molecule has 0 aliphatic heterocycles. The van der Waals surface area contributed by atoms with Gasteiger partial charge >= 0.3 is 13.6 Å². The van der Waals surface area contributed by atoms with Crippen LogP contribution in [0.3, 0.4) is 0 Å². The predicted octanol–water partition coefficient (Wildman–Crippen LogP) is -0.347. The van der Waals surface area contributed by atoms with Gasteiger partial charge in [0.25, 0.3) is 0 Å². The third-order valence-corrected chi connectivity index (χ3v) is 3.02. The van der Waals surface area contributed by atoms with Gasteiger partial charge < -0.3 is 29.9 Å². The number of carbonyl (C=O) groups is 1. The normalized spacial score (nSPS) is 12.1. The number of nitrogen functional groups attached to an aromatic ring is 1. The minimum atomic E-state index is -4.16. The first-order chi connectivity index (χ1) is 11.1. The van der Waals surface area contributed by atoms with Crippen molar-refractivity contribution in [1.82, 2.24) is 19.5 Å². The van der Waals surface area contributed by atoms with Crippen LogP contribution in [0, 0.1) is 12.3 Å². The summed E-state index contributed by atoms with van der Waals surface area (Å²) in [5, 5.41) is 7.49. The van der Waals surface area contributed by atoms with E-state index in [1.54, 1.807) is 11.5 Å². The number of carboxylic acids is 1. The summed E-state index contributed by atoms with van der Waals surface area (Å²) in [4.78, 5) is 38.6. The van der Waals surface area contributed by atoms with Crippen LogP contribution < -0.4 is 5.73 Å². The van der Waals surface area contributed by atoms with E-state index in [-0.39, 0.29) is 5.82 Å². The van der Waals surface area contributed by atoms with Gasteiger partial charge in [-0.25, -0.2) is 19.7 Å². The second-order valence-corrected chi connectivity index (χ2v) is 6.14. The standard InChI is InChI=1S/C9H14N5O4P.C3H2O2/c1-6(18-5-19(15,16)17)2-14-4-13-7-8(10)11-3-12-9(7)14;1-2-3(4)5/h3-4,6H,2,5H2,1H3,(H2,10,11,12)(H2,15,16,17);1H,(H,4,5). The van der Waals surface area contributed by atoms with Crippen molar-refractivity contribution in [2.24, 2.45) is 0 Å². The molecule has 1 unspecified atom stereocenters. The van der Waals surface area contributed by atoms with Crippen molar-refractivity contribution < 1.29 is 29.0 Å². The Kier molecular flexibility index (Phi) is 6.82. The zero-order valence-corrected chi connectivity index (χ0v) is 13.5. The highest BCUT2D eigenvalue weighted by Gasteiger charge is 2.16. The number of imidazole rings is 1. The lowest BCUT2D eigenvalue weighted by Crippen LogP contribution is -2.17. The summed E-state index contributed by atoms with van der Waals surface area (Å²) >= 11 is 0. The Morgan fingerprint density at radius 3 is 2.67 bits per heavy atom. The van der Waals surface area contributed by atoms with E-state index in [1.807, 2.05) is 0 Å².